The summed E-state index contributed by atoms with van der Waals surface area (Å²) < 4.78 is 10.5. The lowest BCUT2D eigenvalue weighted by Crippen LogP contribution is -1.88. The molecule has 0 aliphatic rings. The first-order valence-corrected chi connectivity index (χ1v) is 7.95. The molecular formula is C18H20O2S. The minimum absolute atomic E-state index is 0.874. The average molecular weight is 300 g/mol. The molecule has 110 valence electrons. The van der Waals surface area contributed by atoms with Gasteiger partial charge in [-0.05, 0) is 60.2 Å². The molecule has 2 nitrogen and oxygen atoms in total. The summed E-state index contributed by atoms with van der Waals surface area (Å²) in [6.45, 7) is 2.13. The Bertz CT molecular complexity index is 630. The van der Waals surface area contributed by atoms with E-state index in [1.165, 1.54) is 16.0 Å². The van der Waals surface area contributed by atoms with E-state index in [-0.39, 0.29) is 0 Å². The number of methoxy groups -OCH3 is 2. The normalized spacial score (nSPS) is 11.3. The van der Waals surface area contributed by atoms with Crippen molar-refractivity contribution in [3.63, 3.8) is 0 Å². The van der Waals surface area contributed by atoms with Gasteiger partial charge >= 0.3 is 0 Å². The fraction of sp³-hybridized carbons (Fsp3) is 0.222. The van der Waals surface area contributed by atoms with Crippen LogP contribution >= 0.6 is 11.8 Å². The smallest absolute Gasteiger partial charge is 0.120 e. The monoisotopic (exact) mass is 300 g/mol. The van der Waals surface area contributed by atoms with Crippen LogP contribution in [0.15, 0.2) is 47.4 Å². The zero-order valence-corrected chi connectivity index (χ0v) is 13.7. The molecule has 2 rings (SSSR count). The molecule has 0 N–H and O–H groups in total. The Morgan fingerprint density at radius 1 is 0.952 bits per heavy atom. The lowest BCUT2D eigenvalue weighted by Gasteiger charge is -2.10. The second-order valence-corrected chi connectivity index (χ2v) is 5.51. The van der Waals surface area contributed by atoms with Crippen molar-refractivity contribution in [3.05, 3.63) is 53.6 Å². The molecule has 0 aliphatic heterocycles. The maximum absolute atomic E-state index is 5.29. The number of thioether (sulfide) groups is 1. The standard InChI is InChI=1S/C18H20O2S/c1-13(11-14-5-7-15(19-2)8-6-14)17-10-9-16(20-3)12-18(17)21-4/h5-12H,1-4H3/b13-11+. The summed E-state index contributed by atoms with van der Waals surface area (Å²) in [5.74, 6) is 1.76. The molecule has 0 radical (unpaired) electrons. The van der Waals surface area contributed by atoms with E-state index in [2.05, 4.69) is 43.5 Å². The molecule has 2 aromatic carbocycles. The number of hydrogen-bond acceptors (Lipinski definition) is 3. The molecule has 0 unspecified atom stereocenters. The molecule has 21 heavy (non-hydrogen) atoms. The first kappa shape index (κ1) is 15.5. The van der Waals surface area contributed by atoms with Crippen LogP contribution in [0.3, 0.4) is 0 Å². The van der Waals surface area contributed by atoms with Gasteiger partial charge in [-0.1, -0.05) is 18.2 Å². The van der Waals surface area contributed by atoms with Crippen LogP contribution in [0.4, 0.5) is 0 Å². The third-order valence-electron chi connectivity index (χ3n) is 3.33. The molecule has 0 saturated carbocycles. The van der Waals surface area contributed by atoms with Gasteiger partial charge in [-0.2, -0.15) is 0 Å². The fourth-order valence-electron chi connectivity index (χ4n) is 2.15. The first-order chi connectivity index (χ1) is 10.2. The molecule has 0 aromatic heterocycles. The van der Waals surface area contributed by atoms with E-state index in [0.29, 0.717) is 0 Å². The van der Waals surface area contributed by atoms with E-state index in [1.807, 2.05) is 18.2 Å². The van der Waals surface area contributed by atoms with Gasteiger partial charge in [0.15, 0.2) is 0 Å². The van der Waals surface area contributed by atoms with E-state index < -0.39 is 0 Å². The van der Waals surface area contributed by atoms with Crippen molar-refractivity contribution >= 4 is 23.4 Å². The zero-order chi connectivity index (χ0) is 15.2. The molecule has 0 fully saturated rings. The van der Waals surface area contributed by atoms with Gasteiger partial charge in [0.05, 0.1) is 14.2 Å². The van der Waals surface area contributed by atoms with Crippen molar-refractivity contribution in [1.82, 2.24) is 0 Å². The third kappa shape index (κ3) is 3.82. The number of benzene rings is 2. The van der Waals surface area contributed by atoms with Gasteiger partial charge in [0, 0.05) is 4.90 Å². The molecule has 2 aromatic rings. The molecule has 3 heteroatoms. The van der Waals surface area contributed by atoms with E-state index in [4.69, 9.17) is 9.47 Å². The summed E-state index contributed by atoms with van der Waals surface area (Å²) in [6.07, 6.45) is 4.26. The molecule has 0 amide bonds. The average Bonchev–Trinajstić information content (AvgIpc) is 2.54. The SMILES string of the molecule is COc1ccc(/C=C(\C)c2ccc(OC)cc2SC)cc1. The zero-order valence-electron chi connectivity index (χ0n) is 12.8. The predicted octanol–water partition coefficient (Wildman–Crippen LogP) is 4.99. The van der Waals surface area contributed by atoms with Gasteiger partial charge < -0.3 is 9.47 Å². The van der Waals surface area contributed by atoms with Crippen molar-refractivity contribution in [3.8, 4) is 11.5 Å². The Kier molecular flexibility index (Phi) is 5.34. The first-order valence-electron chi connectivity index (χ1n) is 6.72. The second-order valence-electron chi connectivity index (χ2n) is 4.67. The third-order valence-corrected chi connectivity index (χ3v) is 4.11. The van der Waals surface area contributed by atoms with Gasteiger partial charge in [-0.3, -0.25) is 0 Å². The van der Waals surface area contributed by atoms with E-state index >= 15 is 0 Å². The van der Waals surface area contributed by atoms with E-state index in [9.17, 15) is 0 Å². The Morgan fingerprint density at radius 2 is 1.57 bits per heavy atom. The van der Waals surface area contributed by atoms with Crippen LogP contribution in [0, 0.1) is 0 Å². The Morgan fingerprint density at radius 3 is 2.14 bits per heavy atom. The summed E-state index contributed by atoms with van der Waals surface area (Å²) in [5.41, 5.74) is 3.63. The van der Waals surface area contributed by atoms with Crippen molar-refractivity contribution in [2.45, 2.75) is 11.8 Å². The van der Waals surface area contributed by atoms with Crippen LogP contribution in [-0.2, 0) is 0 Å². The largest absolute Gasteiger partial charge is 0.497 e. The highest BCUT2D eigenvalue weighted by Crippen LogP contribution is 2.31. The molecule has 0 aliphatic carbocycles. The summed E-state index contributed by atoms with van der Waals surface area (Å²) in [7, 11) is 3.37. The van der Waals surface area contributed by atoms with Gasteiger partial charge in [0.25, 0.3) is 0 Å². The van der Waals surface area contributed by atoms with Gasteiger partial charge in [-0.15, -0.1) is 11.8 Å². The summed E-state index contributed by atoms with van der Waals surface area (Å²) in [6, 6.07) is 14.3. The summed E-state index contributed by atoms with van der Waals surface area (Å²) in [4.78, 5) is 1.22. The molecule has 0 heterocycles. The number of rotatable bonds is 5. The highest BCUT2D eigenvalue weighted by molar-refractivity contribution is 7.98. The minimum Gasteiger partial charge on any atom is -0.497 e. The topological polar surface area (TPSA) is 18.5 Å². The van der Waals surface area contributed by atoms with Crippen LogP contribution in [0.5, 0.6) is 11.5 Å². The Balaban J connectivity index is 2.33. The van der Waals surface area contributed by atoms with Gasteiger partial charge in [-0.25, -0.2) is 0 Å². The number of ether oxygens (including phenoxy) is 2. The quantitative estimate of drug-likeness (QED) is 0.573. The molecule has 0 saturated heterocycles. The van der Waals surface area contributed by atoms with Gasteiger partial charge in [0.2, 0.25) is 0 Å². The second kappa shape index (κ2) is 7.23. The number of hydrogen-bond donors (Lipinski definition) is 0. The minimum atomic E-state index is 0.874. The van der Waals surface area contributed by atoms with Gasteiger partial charge in [0.1, 0.15) is 11.5 Å². The summed E-state index contributed by atoms with van der Waals surface area (Å²) >= 11 is 1.73. The van der Waals surface area contributed by atoms with Crippen molar-refractivity contribution < 1.29 is 9.47 Å². The van der Waals surface area contributed by atoms with Crippen LogP contribution in [-0.4, -0.2) is 20.5 Å². The number of allylic oxidation sites excluding steroid dienone is 1. The maximum atomic E-state index is 5.29. The van der Waals surface area contributed by atoms with Crippen molar-refractivity contribution in [2.24, 2.45) is 0 Å². The lowest BCUT2D eigenvalue weighted by atomic mass is 10.0. The van der Waals surface area contributed by atoms with Crippen molar-refractivity contribution in [2.75, 3.05) is 20.5 Å². The molecular weight excluding hydrogens is 280 g/mol. The van der Waals surface area contributed by atoms with Crippen LogP contribution in [0.1, 0.15) is 18.1 Å². The van der Waals surface area contributed by atoms with Crippen LogP contribution < -0.4 is 9.47 Å². The molecule has 0 bridgehead atoms. The van der Waals surface area contributed by atoms with E-state index in [0.717, 1.165) is 17.1 Å². The van der Waals surface area contributed by atoms with Crippen LogP contribution in [0.25, 0.3) is 11.6 Å². The Hall–Kier alpha value is -1.87. The van der Waals surface area contributed by atoms with Crippen LogP contribution in [0.2, 0.25) is 0 Å². The highest BCUT2D eigenvalue weighted by atomic mass is 32.2. The van der Waals surface area contributed by atoms with Crippen molar-refractivity contribution in [1.29, 1.82) is 0 Å². The fourth-order valence-corrected chi connectivity index (χ4v) is 2.84. The molecule has 0 spiro atoms. The lowest BCUT2D eigenvalue weighted by molar-refractivity contribution is 0.413. The summed E-state index contributed by atoms with van der Waals surface area (Å²) in [5, 5.41) is 0. The molecule has 0 atom stereocenters. The predicted molar refractivity (Wildman–Crippen MR) is 91.3 cm³/mol. The Labute approximate surface area is 130 Å². The van der Waals surface area contributed by atoms with E-state index in [1.54, 1.807) is 26.0 Å². The highest BCUT2D eigenvalue weighted by Gasteiger charge is 2.05. The maximum Gasteiger partial charge on any atom is 0.120 e.